The van der Waals surface area contributed by atoms with Crippen LogP contribution >= 0.6 is 22.6 Å². The van der Waals surface area contributed by atoms with Crippen molar-refractivity contribution < 1.29 is 9.53 Å². The van der Waals surface area contributed by atoms with E-state index in [4.69, 9.17) is 4.74 Å². The molecule has 1 unspecified atom stereocenters. The molecule has 0 radical (unpaired) electrons. The summed E-state index contributed by atoms with van der Waals surface area (Å²) < 4.78 is 6.04. The van der Waals surface area contributed by atoms with Crippen molar-refractivity contribution in [3.05, 3.63) is 0 Å². The van der Waals surface area contributed by atoms with Gasteiger partial charge in [0, 0.05) is 0 Å². The van der Waals surface area contributed by atoms with E-state index in [9.17, 15) is 4.79 Å². The van der Waals surface area contributed by atoms with Crippen molar-refractivity contribution in [2.24, 2.45) is 0 Å². The molecule has 0 rings (SSSR count). The lowest BCUT2D eigenvalue weighted by atomic mass is 10.1. The van der Waals surface area contributed by atoms with Crippen LogP contribution in [0.4, 0.5) is 0 Å². The minimum Gasteiger partial charge on any atom is -0.465 e. The molecule has 0 aromatic carbocycles. The van der Waals surface area contributed by atoms with E-state index in [1.165, 1.54) is 0 Å². The Morgan fingerprint density at radius 3 is 2.73 bits per heavy atom. The zero-order chi connectivity index (χ0) is 8.53. The highest BCUT2D eigenvalue weighted by molar-refractivity contribution is 14.1. The Kier molecular flexibility index (Phi) is 8.45. The second kappa shape index (κ2) is 8.30. The van der Waals surface area contributed by atoms with Crippen LogP contribution in [0.5, 0.6) is 0 Å². The fraction of sp³-hybridized carbons (Fsp3) is 0.875. The van der Waals surface area contributed by atoms with E-state index in [0.29, 0.717) is 6.47 Å². The van der Waals surface area contributed by atoms with Crippen molar-refractivity contribution in [2.45, 2.75) is 38.7 Å². The van der Waals surface area contributed by atoms with E-state index in [0.717, 1.165) is 30.1 Å². The molecule has 0 heterocycles. The minimum absolute atomic E-state index is 0.160. The van der Waals surface area contributed by atoms with E-state index in [2.05, 4.69) is 29.5 Å². The zero-order valence-electron chi connectivity index (χ0n) is 6.88. The number of carbonyl (C=O) groups is 1. The van der Waals surface area contributed by atoms with Gasteiger partial charge in [-0.25, -0.2) is 0 Å². The lowest BCUT2D eigenvalue weighted by Crippen LogP contribution is -2.11. The van der Waals surface area contributed by atoms with Gasteiger partial charge in [-0.2, -0.15) is 0 Å². The van der Waals surface area contributed by atoms with Gasteiger partial charge < -0.3 is 4.74 Å². The largest absolute Gasteiger partial charge is 0.465 e. The van der Waals surface area contributed by atoms with Crippen LogP contribution in [0.25, 0.3) is 0 Å². The standard InChI is InChI=1S/C8H15IO2/c1-2-4-8(11-7-10)5-3-6-9/h7-8H,2-6H2,1H3. The Morgan fingerprint density at radius 1 is 1.55 bits per heavy atom. The predicted molar refractivity (Wildman–Crippen MR) is 54.0 cm³/mol. The molecule has 0 N–H and O–H groups in total. The number of halogens is 1. The Hall–Kier alpha value is 0.200. The van der Waals surface area contributed by atoms with Gasteiger partial charge in [-0.1, -0.05) is 35.9 Å². The van der Waals surface area contributed by atoms with E-state index >= 15 is 0 Å². The molecule has 0 saturated carbocycles. The van der Waals surface area contributed by atoms with Gasteiger partial charge in [0.1, 0.15) is 6.10 Å². The highest BCUT2D eigenvalue weighted by atomic mass is 127. The fourth-order valence-electron chi connectivity index (χ4n) is 0.986. The van der Waals surface area contributed by atoms with Gasteiger partial charge in [0.15, 0.2) is 0 Å². The van der Waals surface area contributed by atoms with Crippen molar-refractivity contribution in [2.75, 3.05) is 4.43 Å². The molecule has 0 aromatic rings. The number of alkyl halides is 1. The molecule has 0 bridgehead atoms. The van der Waals surface area contributed by atoms with Crippen LogP contribution < -0.4 is 0 Å². The SMILES string of the molecule is CCCC(CCCI)OC=O. The smallest absolute Gasteiger partial charge is 0.293 e. The average molecular weight is 270 g/mol. The van der Waals surface area contributed by atoms with Crippen molar-refractivity contribution >= 4 is 29.1 Å². The van der Waals surface area contributed by atoms with Crippen molar-refractivity contribution in [3.8, 4) is 0 Å². The molecule has 0 saturated heterocycles. The van der Waals surface area contributed by atoms with Crippen LogP contribution in [0, 0.1) is 0 Å². The maximum atomic E-state index is 10.0. The first kappa shape index (κ1) is 11.2. The minimum atomic E-state index is 0.160. The summed E-state index contributed by atoms with van der Waals surface area (Å²) in [5.74, 6) is 0. The molecule has 0 aliphatic heterocycles. The van der Waals surface area contributed by atoms with Gasteiger partial charge in [-0.15, -0.1) is 0 Å². The first-order valence-electron chi connectivity index (χ1n) is 4.00. The maximum absolute atomic E-state index is 10.0. The zero-order valence-corrected chi connectivity index (χ0v) is 9.04. The first-order valence-corrected chi connectivity index (χ1v) is 5.52. The van der Waals surface area contributed by atoms with Gasteiger partial charge in [0.05, 0.1) is 0 Å². The Balaban J connectivity index is 3.41. The summed E-state index contributed by atoms with van der Waals surface area (Å²) in [5, 5.41) is 0. The van der Waals surface area contributed by atoms with Gasteiger partial charge in [-0.05, 0) is 23.7 Å². The van der Waals surface area contributed by atoms with Crippen LogP contribution in [0.1, 0.15) is 32.6 Å². The highest BCUT2D eigenvalue weighted by Crippen LogP contribution is 2.09. The molecule has 3 heteroatoms. The summed E-state index contributed by atoms with van der Waals surface area (Å²) in [6.45, 7) is 2.67. The molecule has 0 amide bonds. The summed E-state index contributed by atoms with van der Waals surface area (Å²) >= 11 is 2.33. The lowest BCUT2D eigenvalue weighted by molar-refractivity contribution is -0.134. The van der Waals surface area contributed by atoms with Crippen LogP contribution in [-0.4, -0.2) is 17.0 Å². The summed E-state index contributed by atoms with van der Waals surface area (Å²) in [4.78, 5) is 10.0. The first-order chi connectivity index (χ1) is 5.35. The Morgan fingerprint density at radius 2 is 2.27 bits per heavy atom. The number of carbonyl (C=O) groups excluding carboxylic acids is 1. The van der Waals surface area contributed by atoms with Crippen molar-refractivity contribution in [3.63, 3.8) is 0 Å². The Labute approximate surface area is 81.8 Å². The predicted octanol–water partition coefficient (Wildman–Crippen LogP) is 2.54. The topological polar surface area (TPSA) is 26.3 Å². The van der Waals surface area contributed by atoms with E-state index < -0.39 is 0 Å². The van der Waals surface area contributed by atoms with Gasteiger partial charge in [0.2, 0.25) is 0 Å². The summed E-state index contributed by atoms with van der Waals surface area (Å²) in [7, 11) is 0. The van der Waals surface area contributed by atoms with Crippen molar-refractivity contribution in [1.82, 2.24) is 0 Å². The van der Waals surface area contributed by atoms with Crippen LogP contribution in [0.15, 0.2) is 0 Å². The Bertz CT molecular complexity index is 96.1. The number of hydrogen-bond acceptors (Lipinski definition) is 2. The molecule has 0 fully saturated rings. The monoisotopic (exact) mass is 270 g/mol. The third-order valence-corrected chi connectivity index (χ3v) is 2.28. The third-order valence-electron chi connectivity index (χ3n) is 1.52. The molecular weight excluding hydrogens is 255 g/mol. The van der Waals surface area contributed by atoms with E-state index in [1.807, 2.05) is 0 Å². The third kappa shape index (κ3) is 6.59. The highest BCUT2D eigenvalue weighted by Gasteiger charge is 2.06. The number of hydrogen-bond donors (Lipinski definition) is 0. The lowest BCUT2D eigenvalue weighted by Gasteiger charge is -2.12. The summed E-state index contributed by atoms with van der Waals surface area (Å²) in [6.07, 6.45) is 4.39. The summed E-state index contributed by atoms with van der Waals surface area (Å²) in [6, 6.07) is 0. The van der Waals surface area contributed by atoms with E-state index in [-0.39, 0.29) is 6.10 Å². The second-order valence-electron chi connectivity index (χ2n) is 2.47. The average Bonchev–Trinajstić information content (AvgIpc) is 2.01. The quantitative estimate of drug-likeness (QED) is 0.403. The fourth-order valence-corrected chi connectivity index (χ4v) is 1.43. The molecule has 0 aliphatic rings. The molecular formula is C8H15IO2. The number of ether oxygens (including phenoxy) is 1. The maximum Gasteiger partial charge on any atom is 0.293 e. The molecule has 66 valence electrons. The van der Waals surface area contributed by atoms with Crippen LogP contribution in [0.2, 0.25) is 0 Å². The second-order valence-corrected chi connectivity index (χ2v) is 3.55. The normalized spacial score (nSPS) is 12.5. The van der Waals surface area contributed by atoms with Gasteiger partial charge >= 0.3 is 0 Å². The van der Waals surface area contributed by atoms with Crippen molar-refractivity contribution in [1.29, 1.82) is 0 Å². The van der Waals surface area contributed by atoms with Crippen LogP contribution in [-0.2, 0) is 9.53 Å². The molecule has 0 aliphatic carbocycles. The van der Waals surface area contributed by atoms with Gasteiger partial charge in [0.25, 0.3) is 6.47 Å². The molecule has 1 atom stereocenters. The summed E-state index contributed by atoms with van der Waals surface area (Å²) in [5.41, 5.74) is 0. The van der Waals surface area contributed by atoms with Gasteiger partial charge in [-0.3, -0.25) is 4.79 Å². The van der Waals surface area contributed by atoms with Crippen LogP contribution in [0.3, 0.4) is 0 Å². The molecule has 0 spiro atoms. The molecule has 11 heavy (non-hydrogen) atoms. The molecule has 2 nitrogen and oxygen atoms in total. The van der Waals surface area contributed by atoms with E-state index in [1.54, 1.807) is 0 Å². The molecule has 0 aromatic heterocycles. The number of rotatable bonds is 7.